The average molecular weight is 305 g/mol. The van der Waals surface area contributed by atoms with E-state index in [-0.39, 0.29) is 11.8 Å². The molecule has 112 valence electrons. The summed E-state index contributed by atoms with van der Waals surface area (Å²) < 4.78 is 0. The molecule has 5 heteroatoms. The number of carboxylic acid groups (broad SMARTS) is 1. The third-order valence-corrected chi connectivity index (χ3v) is 5.44. The minimum Gasteiger partial charge on any atom is -0.481 e. The number of benzene rings is 1. The van der Waals surface area contributed by atoms with Gasteiger partial charge in [0.2, 0.25) is 5.91 Å². The van der Waals surface area contributed by atoms with E-state index < -0.39 is 11.9 Å². The fourth-order valence-corrected chi connectivity index (χ4v) is 4.32. The lowest BCUT2D eigenvalue weighted by molar-refractivity contribution is -0.148. The summed E-state index contributed by atoms with van der Waals surface area (Å²) >= 11 is 1.75. The second-order valence-corrected chi connectivity index (χ2v) is 6.78. The van der Waals surface area contributed by atoms with Crippen molar-refractivity contribution in [2.45, 2.75) is 30.6 Å². The molecule has 2 atom stereocenters. The molecule has 4 nitrogen and oxygen atoms in total. The highest BCUT2D eigenvalue weighted by molar-refractivity contribution is 7.99. The second kappa shape index (κ2) is 6.10. The summed E-state index contributed by atoms with van der Waals surface area (Å²) in [5.74, 6) is -0.851. The number of anilines is 1. The summed E-state index contributed by atoms with van der Waals surface area (Å²) in [6, 6.07) is 7.88. The molecule has 1 aliphatic carbocycles. The van der Waals surface area contributed by atoms with Crippen LogP contribution in [0.2, 0.25) is 0 Å². The number of amides is 1. The molecule has 21 heavy (non-hydrogen) atoms. The molecular weight excluding hydrogens is 286 g/mol. The number of hydrogen-bond donors (Lipinski definition) is 1. The second-order valence-electron chi connectivity index (χ2n) is 5.64. The predicted molar refractivity (Wildman–Crippen MR) is 82.6 cm³/mol. The van der Waals surface area contributed by atoms with E-state index in [1.54, 1.807) is 16.7 Å². The predicted octanol–water partition coefficient (Wildman–Crippen LogP) is 3.02. The molecule has 2 aliphatic rings. The van der Waals surface area contributed by atoms with E-state index in [9.17, 15) is 14.7 Å². The quantitative estimate of drug-likeness (QED) is 0.912. The highest BCUT2D eigenvalue weighted by atomic mass is 32.2. The summed E-state index contributed by atoms with van der Waals surface area (Å²) in [6.45, 7) is 0.670. The Morgan fingerprint density at radius 1 is 1.14 bits per heavy atom. The Morgan fingerprint density at radius 3 is 2.62 bits per heavy atom. The Hall–Kier alpha value is -1.49. The van der Waals surface area contributed by atoms with Crippen LogP contribution in [0.5, 0.6) is 0 Å². The SMILES string of the molecule is O=C(O)[C@H]1CCCC[C@H]1C(=O)N1CCSc2ccccc21. The maximum Gasteiger partial charge on any atom is 0.307 e. The van der Waals surface area contributed by atoms with Crippen molar-refractivity contribution in [3.8, 4) is 0 Å². The van der Waals surface area contributed by atoms with Crippen molar-refractivity contribution in [3.63, 3.8) is 0 Å². The fraction of sp³-hybridized carbons (Fsp3) is 0.500. The van der Waals surface area contributed by atoms with E-state index >= 15 is 0 Å². The minimum absolute atomic E-state index is 0.00477. The molecule has 1 heterocycles. The van der Waals surface area contributed by atoms with Crippen LogP contribution in [0.4, 0.5) is 5.69 Å². The van der Waals surface area contributed by atoms with Gasteiger partial charge in [-0.25, -0.2) is 0 Å². The number of carbonyl (C=O) groups excluding carboxylic acids is 1. The number of carboxylic acids is 1. The molecule has 1 aromatic carbocycles. The number of para-hydroxylation sites is 1. The maximum absolute atomic E-state index is 12.9. The van der Waals surface area contributed by atoms with E-state index in [4.69, 9.17) is 0 Å². The molecule has 1 aromatic rings. The lowest BCUT2D eigenvalue weighted by Gasteiger charge is -2.35. The van der Waals surface area contributed by atoms with Crippen LogP contribution in [0.1, 0.15) is 25.7 Å². The highest BCUT2D eigenvalue weighted by Gasteiger charge is 2.39. The van der Waals surface area contributed by atoms with E-state index in [0.29, 0.717) is 19.4 Å². The van der Waals surface area contributed by atoms with Gasteiger partial charge in [-0.2, -0.15) is 0 Å². The first-order chi connectivity index (χ1) is 10.2. The van der Waals surface area contributed by atoms with Gasteiger partial charge >= 0.3 is 5.97 Å². The number of fused-ring (bicyclic) bond motifs is 1. The summed E-state index contributed by atoms with van der Waals surface area (Å²) in [6.07, 6.45) is 3.18. The Kier molecular flexibility index (Phi) is 4.19. The van der Waals surface area contributed by atoms with Gasteiger partial charge < -0.3 is 10.0 Å². The summed E-state index contributed by atoms with van der Waals surface area (Å²) in [5.41, 5.74) is 0.938. The van der Waals surface area contributed by atoms with Crippen molar-refractivity contribution >= 4 is 29.3 Å². The van der Waals surface area contributed by atoms with Crippen molar-refractivity contribution < 1.29 is 14.7 Å². The number of thioether (sulfide) groups is 1. The Balaban J connectivity index is 1.86. The van der Waals surface area contributed by atoms with Crippen molar-refractivity contribution in [3.05, 3.63) is 24.3 Å². The summed E-state index contributed by atoms with van der Waals surface area (Å²) in [4.78, 5) is 27.2. The van der Waals surface area contributed by atoms with Crippen molar-refractivity contribution in [1.29, 1.82) is 0 Å². The van der Waals surface area contributed by atoms with Crippen LogP contribution in [0.3, 0.4) is 0 Å². The third kappa shape index (κ3) is 2.79. The van der Waals surface area contributed by atoms with Gasteiger partial charge in [-0.3, -0.25) is 9.59 Å². The Labute approximate surface area is 128 Å². The Bertz CT molecular complexity index is 560. The topological polar surface area (TPSA) is 57.6 Å². The monoisotopic (exact) mass is 305 g/mol. The largest absolute Gasteiger partial charge is 0.481 e. The molecule has 1 aliphatic heterocycles. The van der Waals surface area contributed by atoms with Gasteiger partial charge in [0, 0.05) is 17.2 Å². The third-order valence-electron chi connectivity index (χ3n) is 4.39. The van der Waals surface area contributed by atoms with Gasteiger partial charge in [-0.05, 0) is 25.0 Å². The first-order valence-electron chi connectivity index (χ1n) is 7.44. The summed E-state index contributed by atoms with van der Waals surface area (Å²) in [5, 5.41) is 9.38. The van der Waals surface area contributed by atoms with E-state index in [1.807, 2.05) is 24.3 Å². The van der Waals surface area contributed by atoms with E-state index in [2.05, 4.69) is 0 Å². The molecule has 0 radical (unpaired) electrons. The van der Waals surface area contributed by atoms with Crippen molar-refractivity contribution in [2.75, 3.05) is 17.2 Å². The zero-order valence-electron chi connectivity index (χ0n) is 11.8. The highest BCUT2D eigenvalue weighted by Crippen LogP contribution is 2.38. The van der Waals surface area contributed by atoms with Crippen LogP contribution < -0.4 is 4.90 Å². The Morgan fingerprint density at radius 2 is 1.86 bits per heavy atom. The minimum atomic E-state index is -0.826. The zero-order valence-corrected chi connectivity index (χ0v) is 12.6. The van der Waals surface area contributed by atoms with Crippen LogP contribution in [-0.2, 0) is 9.59 Å². The molecule has 1 fully saturated rings. The first-order valence-corrected chi connectivity index (χ1v) is 8.43. The zero-order chi connectivity index (χ0) is 14.8. The molecule has 0 saturated heterocycles. The number of aliphatic carboxylic acids is 1. The lowest BCUT2D eigenvalue weighted by atomic mass is 9.78. The van der Waals surface area contributed by atoms with Crippen molar-refractivity contribution in [1.82, 2.24) is 0 Å². The van der Waals surface area contributed by atoms with Crippen LogP contribution in [-0.4, -0.2) is 29.3 Å². The standard InChI is InChI=1S/C16H19NO3S/c18-15(11-5-1-2-6-12(11)16(19)20)17-9-10-21-14-8-4-3-7-13(14)17/h3-4,7-8,11-12H,1-2,5-6,9-10H2,(H,19,20)/t11-,12+/m1/s1. The van der Waals surface area contributed by atoms with Gasteiger partial charge in [-0.1, -0.05) is 25.0 Å². The molecule has 0 bridgehead atoms. The lowest BCUT2D eigenvalue weighted by Crippen LogP contribution is -2.44. The number of carbonyl (C=O) groups is 2. The van der Waals surface area contributed by atoms with Crippen molar-refractivity contribution in [2.24, 2.45) is 11.8 Å². The first kappa shape index (κ1) is 14.4. The fourth-order valence-electron chi connectivity index (χ4n) is 3.32. The molecule has 0 unspecified atom stereocenters. The van der Waals surface area contributed by atoms with Gasteiger partial charge in [0.15, 0.2) is 0 Å². The van der Waals surface area contributed by atoms with Crippen LogP contribution >= 0.6 is 11.8 Å². The molecule has 0 aromatic heterocycles. The van der Waals surface area contributed by atoms with Gasteiger partial charge in [0.05, 0.1) is 17.5 Å². The van der Waals surface area contributed by atoms with E-state index in [0.717, 1.165) is 29.2 Å². The van der Waals surface area contributed by atoms with Crippen LogP contribution in [0, 0.1) is 11.8 Å². The van der Waals surface area contributed by atoms with Crippen LogP contribution in [0.15, 0.2) is 29.2 Å². The molecular formula is C16H19NO3S. The molecule has 3 rings (SSSR count). The van der Waals surface area contributed by atoms with Crippen LogP contribution in [0.25, 0.3) is 0 Å². The van der Waals surface area contributed by atoms with E-state index in [1.165, 1.54) is 0 Å². The molecule has 1 saturated carbocycles. The summed E-state index contributed by atoms with van der Waals surface area (Å²) in [7, 11) is 0. The van der Waals surface area contributed by atoms with Gasteiger partial charge in [0.25, 0.3) is 0 Å². The van der Waals surface area contributed by atoms with Gasteiger partial charge in [-0.15, -0.1) is 11.8 Å². The maximum atomic E-state index is 12.9. The number of nitrogens with zero attached hydrogens (tertiary/aromatic N) is 1. The molecule has 0 spiro atoms. The molecule has 1 amide bonds. The smallest absolute Gasteiger partial charge is 0.307 e. The van der Waals surface area contributed by atoms with Gasteiger partial charge in [0.1, 0.15) is 0 Å². The normalized spacial score (nSPS) is 25.2. The number of hydrogen-bond acceptors (Lipinski definition) is 3. The average Bonchev–Trinajstić information content (AvgIpc) is 2.53. The number of rotatable bonds is 2. The molecule has 1 N–H and O–H groups in total.